The molecule has 3 heterocycles. The second kappa shape index (κ2) is 7.39. The fraction of sp³-hybridized carbons (Fsp3) is 0.375. The molecule has 0 unspecified atom stereocenters. The summed E-state index contributed by atoms with van der Waals surface area (Å²) in [6, 6.07) is 7.07. The molecule has 0 radical (unpaired) electrons. The van der Waals surface area contributed by atoms with E-state index < -0.39 is 4.92 Å². The Morgan fingerprint density at radius 2 is 2.12 bits per heavy atom. The van der Waals surface area contributed by atoms with Gasteiger partial charge in [-0.15, -0.1) is 11.3 Å². The largest absolute Gasteiger partial charge is 0.355 e. The Hall–Kier alpha value is -2.48. The summed E-state index contributed by atoms with van der Waals surface area (Å²) in [6.07, 6.45) is 2.59. The van der Waals surface area contributed by atoms with Gasteiger partial charge in [0.05, 0.1) is 11.3 Å². The van der Waals surface area contributed by atoms with Gasteiger partial charge in [-0.2, -0.15) is 0 Å². The third-order valence-electron chi connectivity index (χ3n) is 4.02. The normalized spacial score (nSPS) is 15.2. The van der Waals surface area contributed by atoms with Crippen LogP contribution < -0.4 is 4.90 Å². The van der Waals surface area contributed by atoms with E-state index in [1.54, 1.807) is 17.4 Å². The SMILES string of the molecule is O=C(Cc1cccs1)N1CCCN(c2ccc([N+](=O)[O-])cn2)CC1. The Balaban J connectivity index is 1.60. The van der Waals surface area contributed by atoms with Crippen LogP contribution in [0.2, 0.25) is 0 Å². The Morgan fingerprint density at radius 3 is 2.79 bits per heavy atom. The van der Waals surface area contributed by atoms with Crippen LogP contribution >= 0.6 is 11.3 Å². The van der Waals surface area contributed by atoms with Crippen molar-refractivity contribution in [3.8, 4) is 0 Å². The van der Waals surface area contributed by atoms with Crippen molar-refractivity contribution in [2.75, 3.05) is 31.1 Å². The van der Waals surface area contributed by atoms with Gasteiger partial charge in [-0.3, -0.25) is 14.9 Å². The van der Waals surface area contributed by atoms with Crippen LogP contribution in [0.15, 0.2) is 35.8 Å². The minimum absolute atomic E-state index is 0.0127. The molecule has 0 aliphatic carbocycles. The van der Waals surface area contributed by atoms with Crippen LogP contribution in [0, 0.1) is 10.1 Å². The van der Waals surface area contributed by atoms with Crippen LogP contribution in [-0.4, -0.2) is 46.9 Å². The van der Waals surface area contributed by atoms with Crippen molar-refractivity contribution in [1.29, 1.82) is 0 Å². The van der Waals surface area contributed by atoms with Gasteiger partial charge in [-0.1, -0.05) is 6.07 Å². The maximum atomic E-state index is 12.4. The Bertz CT molecular complexity index is 703. The number of rotatable bonds is 4. The van der Waals surface area contributed by atoms with Crippen molar-refractivity contribution < 1.29 is 9.72 Å². The molecule has 2 aromatic rings. The second-order valence-corrected chi connectivity index (χ2v) is 6.64. The predicted octanol–water partition coefficient (Wildman–Crippen LogP) is 2.33. The van der Waals surface area contributed by atoms with E-state index in [2.05, 4.69) is 9.88 Å². The van der Waals surface area contributed by atoms with E-state index in [0.717, 1.165) is 24.4 Å². The quantitative estimate of drug-likeness (QED) is 0.627. The first-order valence-electron chi connectivity index (χ1n) is 7.79. The van der Waals surface area contributed by atoms with Crippen molar-refractivity contribution >= 4 is 28.7 Å². The molecule has 0 bridgehead atoms. The van der Waals surface area contributed by atoms with Crippen LogP contribution in [0.25, 0.3) is 0 Å². The molecule has 3 rings (SSSR count). The molecule has 0 saturated carbocycles. The van der Waals surface area contributed by atoms with E-state index in [1.165, 1.54) is 12.3 Å². The van der Waals surface area contributed by atoms with Crippen molar-refractivity contribution in [2.24, 2.45) is 0 Å². The lowest BCUT2D eigenvalue weighted by atomic mass is 10.3. The molecular formula is C16H18N4O3S. The summed E-state index contributed by atoms with van der Waals surface area (Å²) in [6.45, 7) is 2.84. The number of anilines is 1. The van der Waals surface area contributed by atoms with Gasteiger partial charge in [0.1, 0.15) is 12.0 Å². The topological polar surface area (TPSA) is 79.6 Å². The summed E-state index contributed by atoms with van der Waals surface area (Å²) in [4.78, 5) is 31.9. The minimum atomic E-state index is -0.454. The van der Waals surface area contributed by atoms with Crippen molar-refractivity contribution in [1.82, 2.24) is 9.88 Å². The number of hydrogen-bond acceptors (Lipinski definition) is 6. The van der Waals surface area contributed by atoms with E-state index >= 15 is 0 Å². The van der Waals surface area contributed by atoms with Gasteiger partial charge in [0, 0.05) is 37.1 Å². The van der Waals surface area contributed by atoms with Crippen LogP contribution in [0.1, 0.15) is 11.3 Å². The van der Waals surface area contributed by atoms with Gasteiger partial charge in [0.25, 0.3) is 5.69 Å². The van der Waals surface area contributed by atoms with Crippen molar-refractivity contribution in [3.63, 3.8) is 0 Å². The third-order valence-corrected chi connectivity index (χ3v) is 4.90. The van der Waals surface area contributed by atoms with Crippen molar-refractivity contribution in [2.45, 2.75) is 12.8 Å². The van der Waals surface area contributed by atoms with E-state index in [9.17, 15) is 14.9 Å². The average molecular weight is 346 g/mol. The standard InChI is InChI=1S/C16H18N4O3S/c21-16(11-14-3-1-10-24-14)19-7-2-6-18(8-9-19)15-5-4-13(12-17-15)20(22)23/h1,3-5,10,12H,2,6-9,11H2. The molecule has 7 nitrogen and oxygen atoms in total. The maximum absolute atomic E-state index is 12.4. The number of hydrogen-bond donors (Lipinski definition) is 0. The van der Waals surface area contributed by atoms with Gasteiger partial charge in [0.15, 0.2) is 0 Å². The van der Waals surface area contributed by atoms with Gasteiger partial charge in [-0.25, -0.2) is 4.98 Å². The molecule has 24 heavy (non-hydrogen) atoms. The van der Waals surface area contributed by atoms with Gasteiger partial charge in [-0.05, 0) is 23.9 Å². The number of amides is 1. The van der Waals surface area contributed by atoms with E-state index in [-0.39, 0.29) is 11.6 Å². The Kier molecular flexibility index (Phi) is 5.05. The number of nitrogens with zero attached hydrogens (tertiary/aromatic N) is 4. The van der Waals surface area contributed by atoms with E-state index in [4.69, 9.17) is 0 Å². The van der Waals surface area contributed by atoms with Gasteiger partial charge in [0.2, 0.25) is 5.91 Å². The zero-order chi connectivity index (χ0) is 16.9. The van der Waals surface area contributed by atoms with Crippen LogP contribution in [0.3, 0.4) is 0 Å². The average Bonchev–Trinajstić information content (AvgIpc) is 2.96. The number of nitro groups is 1. The highest BCUT2D eigenvalue weighted by Crippen LogP contribution is 2.18. The maximum Gasteiger partial charge on any atom is 0.287 e. The minimum Gasteiger partial charge on any atom is -0.355 e. The molecule has 1 amide bonds. The Labute approximate surface area is 143 Å². The molecule has 126 valence electrons. The fourth-order valence-electron chi connectivity index (χ4n) is 2.74. The first kappa shape index (κ1) is 16.4. The number of carbonyl (C=O) groups is 1. The smallest absolute Gasteiger partial charge is 0.287 e. The van der Waals surface area contributed by atoms with Crippen LogP contribution in [0.5, 0.6) is 0 Å². The summed E-state index contributed by atoms with van der Waals surface area (Å²) >= 11 is 1.60. The molecule has 0 N–H and O–H groups in total. The third kappa shape index (κ3) is 3.88. The number of carbonyl (C=O) groups excluding carboxylic acids is 1. The lowest BCUT2D eigenvalue weighted by Gasteiger charge is -2.22. The molecule has 0 aromatic carbocycles. The molecule has 0 atom stereocenters. The van der Waals surface area contributed by atoms with Crippen molar-refractivity contribution in [3.05, 3.63) is 50.8 Å². The molecule has 8 heteroatoms. The summed E-state index contributed by atoms with van der Waals surface area (Å²) in [7, 11) is 0. The fourth-order valence-corrected chi connectivity index (χ4v) is 3.44. The molecule has 1 aliphatic rings. The Morgan fingerprint density at radius 1 is 1.25 bits per heavy atom. The summed E-state index contributed by atoms with van der Waals surface area (Å²) in [5.74, 6) is 0.865. The number of pyridine rings is 1. The lowest BCUT2D eigenvalue weighted by Crippen LogP contribution is -2.36. The molecule has 0 spiro atoms. The predicted molar refractivity (Wildman–Crippen MR) is 92.3 cm³/mol. The number of aromatic nitrogens is 1. The van der Waals surface area contributed by atoms with Gasteiger partial charge >= 0.3 is 0 Å². The van der Waals surface area contributed by atoms with E-state index in [1.807, 2.05) is 22.4 Å². The van der Waals surface area contributed by atoms with Crippen LogP contribution in [-0.2, 0) is 11.2 Å². The summed E-state index contributed by atoms with van der Waals surface area (Å²) in [5.41, 5.74) is -0.0127. The monoisotopic (exact) mass is 346 g/mol. The van der Waals surface area contributed by atoms with Crippen LogP contribution in [0.4, 0.5) is 11.5 Å². The second-order valence-electron chi connectivity index (χ2n) is 5.61. The summed E-state index contributed by atoms with van der Waals surface area (Å²) in [5, 5.41) is 12.7. The first-order valence-corrected chi connectivity index (χ1v) is 8.67. The lowest BCUT2D eigenvalue weighted by molar-refractivity contribution is -0.385. The first-order chi connectivity index (χ1) is 11.6. The highest BCUT2D eigenvalue weighted by Gasteiger charge is 2.20. The molecule has 1 saturated heterocycles. The molecule has 1 aliphatic heterocycles. The number of thiophene rings is 1. The van der Waals surface area contributed by atoms with Gasteiger partial charge < -0.3 is 9.80 Å². The zero-order valence-corrected chi connectivity index (χ0v) is 13.9. The molecule has 2 aromatic heterocycles. The van der Waals surface area contributed by atoms with E-state index in [0.29, 0.717) is 25.3 Å². The zero-order valence-electron chi connectivity index (χ0n) is 13.1. The molecular weight excluding hydrogens is 328 g/mol. The molecule has 1 fully saturated rings. The highest BCUT2D eigenvalue weighted by molar-refractivity contribution is 7.10. The summed E-state index contributed by atoms with van der Waals surface area (Å²) < 4.78 is 0. The highest BCUT2D eigenvalue weighted by atomic mass is 32.1.